The van der Waals surface area contributed by atoms with Crippen LogP contribution in [0.1, 0.15) is 28.8 Å². The summed E-state index contributed by atoms with van der Waals surface area (Å²) in [4.78, 5) is 11.5. The van der Waals surface area contributed by atoms with Gasteiger partial charge in [0.25, 0.3) is 0 Å². The normalized spacial score (nSPS) is 11.6. The molecule has 1 nitrogen and oxygen atoms in total. The van der Waals surface area contributed by atoms with Gasteiger partial charge in [0, 0.05) is 16.5 Å². The number of hydrogen-bond acceptors (Lipinski definition) is 1. The lowest BCUT2D eigenvalue weighted by atomic mass is 10.0. The molecule has 1 aromatic rings. The van der Waals surface area contributed by atoms with Crippen molar-refractivity contribution in [3.05, 3.63) is 33.8 Å². The molecule has 0 aliphatic carbocycles. The van der Waals surface area contributed by atoms with Gasteiger partial charge in [0.1, 0.15) is 0 Å². The number of Topliss-reactive ketones (excluding diaryl/α,β-unsaturated/α-hetero) is 1. The van der Waals surface area contributed by atoms with E-state index < -0.39 is 24.8 Å². The van der Waals surface area contributed by atoms with Crippen molar-refractivity contribution < 1.29 is 18.0 Å². The molecule has 5 heteroatoms. The fourth-order valence-corrected chi connectivity index (χ4v) is 1.81. The van der Waals surface area contributed by atoms with Gasteiger partial charge >= 0.3 is 6.18 Å². The van der Waals surface area contributed by atoms with Crippen molar-refractivity contribution in [3.8, 4) is 0 Å². The summed E-state index contributed by atoms with van der Waals surface area (Å²) in [6.07, 6.45) is -5.84. The van der Waals surface area contributed by atoms with E-state index in [0.29, 0.717) is 11.1 Å². The molecular weight excluding hydrogens is 285 g/mol. The number of carbonyl (C=O) groups is 1. The minimum atomic E-state index is -4.28. The molecule has 0 fully saturated rings. The molecule has 1 rings (SSSR count). The Bertz CT molecular complexity index is 399. The van der Waals surface area contributed by atoms with Gasteiger partial charge in [0.2, 0.25) is 0 Å². The zero-order chi connectivity index (χ0) is 12.3. The van der Waals surface area contributed by atoms with Crippen molar-refractivity contribution in [1.29, 1.82) is 0 Å². The van der Waals surface area contributed by atoms with Crippen molar-refractivity contribution in [2.45, 2.75) is 25.9 Å². The van der Waals surface area contributed by atoms with Crippen molar-refractivity contribution in [2.24, 2.45) is 0 Å². The van der Waals surface area contributed by atoms with Crippen molar-refractivity contribution >= 4 is 21.7 Å². The second-order valence-corrected chi connectivity index (χ2v) is 4.41. The quantitative estimate of drug-likeness (QED) is 0.761. The van der Waals surface area contributed by atoms with E-state index in [2.05, 4.69) is 15.9 Å². The number of aryl methyl sites for hydroxylation is 1. The fourth-order valence-electron chi connectivity index (χ4n) is 1.33. The molecule has 0 spiro atoms. The minimum absolute atomic E-state index is 0.354. The highest BCUT2D eigenvalue weighted by Crippen LogP contribution is 2.24. The first-order valence-electron chi connectivity index (χ1n) is 4.66. The Hall–Kier alpha value is -0.840. The minimum Gasteiger partial charge on any atom is -0.294 e. The van der Waals surface area contributed by atoms with Crippen LogP contribution in [0.25, 0.3) is 0 Å². The van der Waals surface area contributed by atoms with Crippen molar-refractivity contribution in [3.63, 3.8) is 0 Å². The predicted octanol–water partition coefficient (Wildman–Crippen LogP) is 4.28. The second-order valence-electron chi connectivity index (χ2n) is 3.50. The summed E-state index contributed by atoms with van der Waals surface area (Å²) >= 11 is 3.22. The molecule has 0 aliphatic heterocycles. The molecule has 0 saturated heterocycles. The molecular formula is C11H10BrF3O. The molecule has 0 atom stereocenters. The van der Waals surface area contributed by atoms with Gasteiger partial charge in [-0.25, -0.2) is 0 Å². The van der Waals surface area contributed by atoms with E-state index in [-0.39, 0.29) is 0 Å². The highest BCUT2D eigenvalue weighted by molar-refractivity contribution is 9.10. The van der Waals surface area contributed by atoms with Gasteiger partial charge in [-0.2, -0.15) is 13.2 Å². The Morgan fingerprint density at radius 2 is 2.00 bits per heavy atom. The van der Waals surface area contributed by atoms with E-state index in [1.807, 2.05) is 0 Å². The van der Waals surface area contributed by atoms with Gasteiger partial charge in [-0.1, -0.05) is 22.0 Å². The zero-order valence-corrected chi connectivity index (χ0v) is 10.2. The SMILES string of the molecule is Cc1cc(Br)ccc1C(=O)CCC(F)(F)F. The highest BCUT2D eigenvalue weighted by atomic mass is 79.9. The summed E-state index contributed by atoms with van der Waals surface area (Å²) in [6.45, 7) is 1.70. The Morgan fingerprint density at radius 1 is 1.38 bits per heavy atom. The third-order valence-corrected chi connectivity index (χ3v) is 2.62. The van der Waals surface area contributed by atoms with Crippen LogP contribution in [-0.4, -0.2) is 12.0 Å². The van der Waals surface area contributed by atoms with Crippen LogP contribution in [0.2, 0.25) is 0 Å². The molecule has 0 aliphatic rings. The molecule has 0 radical (unpaired) electrons. The van der Waals surface area contributed by atoms with Gasteiger partial charge in [0.15, 0.2) is 5.78 Å². The number of alkyl halides is 3. The van der Waals surface area contributed by atoms with Gasteiger partial charge < -0.3 is 0 Å². The van der Waals surface area contributed by atoms with Crippen LogP contribution in [0.3, 0.4) is 0 Å². The third-order valence-electron chi connectivity index (χ3n) is 2.12. The maximum atomic E-state index is 11.9. The molecule has 1 aromatic carbocycles. The van der Waals surface area contributed by atoms with Crippen LogP contribution in [0.15, 0.2) is 22.7 Å². The molecule has 0 amide bonds. The van der Waals surface area contributed by atoms with Crippen LogP contribution >= 0.6 is 15.9 Å². The molecule has 16 heavy (non-hydrogen) atoms. The van der Waals surface area contributed by atoms with E-state index in [4.69, 9.17) is 0 Å². The molecule has 0 N–H and O–H groups in total. The average Bonchev–Trinajstić information content (AvgIpc) is 2.13. The summed E-state index contributed by atoms with van der Waals surface area (Å²) in [5.41, 5.74) is 1.04. The lowest BCUT2D eigenvalue weighted by molar-refractivity contribution is -0.133. The van der Waals surface area contributed by atoms with Gasteiger partial charge in [-0.05, 0) is 24.6 Å². The zero-order valence-electron chi connectivity index (χ0n) is 8.57. The number of halogens is 4. The number of rotatable bonds is 3. The first kappa shape index (κ1) is 13.2. The summed E-state index contributed by atoms with van der Waals surface area (Å²) < 4.78 is 36.6. The number of carbonyl (C=O) groups excluding carboxylic acids is 1. The van der Waals surface area contributed by atoms with Crippen LogP contribution in [-0.2, 0) is 0 Å². The summed E-state index contributed by atoms with van der Waals surface area (Å²) in [7, 11) is 0. The van der Waals surface area contributed by atoms with Gasteiger partial charge in [0.05, 0.1) is 6.42 Å². The fraction of sp³-hybridized carbons (Fsp3) is 0.364. The largest absolute Gasteiger partial charge is 0.389 e. The Kier molecular flexibility index (Phi) is 4.13. The molecule has 0 aromatic heterocycles. The summed E-state index contributed by atoms with van der Waals surface area (Å²) in [5, 5.41) is 0. The first-order valence-corrected chi connectivity index (χ1v) is 5.45. The topological polar surface area (TPSA) is 17.1 Å². The van der Waals surface area contributed by atoms with Crippen molar-refractivity contribution in [1.82, 2.24) is 0 Å². The van der Waals surface area contributed by atoms with Gasteiger partial charge in [-0.3, -0.25) is 4.79 Å². The number of hydrogen-bond donors (Lipinski definition) is 0. The Balaban J connectivity index is 2.74. The molecule has 88 valence electrons. The van der Waals surface area contributed by atoms with E-state index in [9.17, 15) is 18.0 Å². The van der Waals surface area contributed by atoms with E-state index in [1.165, 1.54) is 6.07 Å². The highest BCUT2D eigenvalue weighted by Gasteiger charge is 2.28. The first-order chi connectivity index (χ1) is 7.29. The van der Waals surface area contributed by atoms with Crippen LogP contribution in [0, 0.1) is 6.92 Å². The molecule has 0 bridgehead atoms. The Morgan fingerprint density at radius 3 is 2.50 bits per heavy atom. The third kappa shape index (κ3) is 3.96. The predicted molar refractivity (Wildman–Crippen MR) is 58.5 cm³/mol. The molecule has 0 heterocycles. The maximum Gasteiger partial charge on any atom is 0.389 e. The van der Waals surface area contributed by atoms with Crippen LogP contribution < -0.4 is 0 Å². The second kappa shape index (κ2) is 4.99. The number of ketones is 1. The van der Waals surface area contributed by atoms with Gasteiger partial charge in [-0.15, -0.1) is 0 Å². The average molecular weight is 295 g/mol. The lowest BCUT2D eigenvalue weighted by Gasteiger charge is -2.07. The Labute approximate surface area is 99.8 Å². The lowest BCUT2D eigenvalue weighted by Crippen LogP contribution is -2.11. The van der Waals surface area contributed by atoms with E-state index in [0.717, 1.165) is 4.47 Å². The van der Waals surface area contributed by atoms with Crippen molar-refractivity contribution in [2.75, 3.05) is 0 Å². The smallest absolute Gasteiger partial charge is 0.294 e. The van der Waals surface area contributed by atoms with Crippen LogP contribution in [0.4, 0.5) is 13.2 Å². The summed E-state index contributed by atoms with van der Waals surface area (Å²) in [5.74, 6) is -0.470. The monoisotopic (exact) mass is 294 g/mol. The summed E-state index contributed by atoms with van der Waals surface area (Å²) in [6, 6.07) is 4.90. The standard InChI is InChI=1S/C11H10BrF3O/c1-7-6-8(12)2-3-9(7)10(16)4-5-11(13,14)15/h2-3,6H,4-5H2,1H3. The molecule has 0 saturated carbocycles. The van der Waals surface area contributed by atoms with Crippen LogP contribution in [0.5, 0.6) is 0 Å². The maximum absolute atomic E-state index is 11.9. The van der Waals surface area contributed by atoms with E-state index in [1.54, 1.807) is 19.1 Å². The molecule has 0 unspecified atom stereocenters. The van der Waals surface area contributed by atoms with E-state index >= 15 is 0 Å². The number of benzene rings is 1.